The lowest BCUT2D eigenvalue weighted by Crippen LogP contribution is -2.14. The van der Waals surface area contributed by atoms with E-state index in [2.05, 4.69) is 10.3 Å². The van der Waals surface area contributed by atoms with Crippen LogP contribution in [0.5, 0.6) is 5.75 Å². The number of aliphatic imine (C=N–C) groups is 1. The molecule has 1 heterocycles. The summed E-state index contributed by atoms with van der Waals surface area (Å²) in [7, 11) is 0. The molecule has 0 spiro atoms. The molecule has 1 aliphatic heterocycles. The van der Waals surface area contributed by atoms with Crippen molar-refractivity contribution in [2.45, 2.75) is 6.23 Å². The Kier molecular flexibility index (Phi) is 3.17. The number of benzene rings is 1. The molecule has 0 radical (unpaired) electrons. The monoisotopic (exact) mass is 241 g/mol. The van der Waals surface area contributed by atoms with Gasteiger partial charge in [-0.1, -0.05) is 0 Å². The Morgan fingerprint density at radius 2 is 2.38 bits per heavy atom. The number of anilines is 2. The molecule has 5 nitrogen and oxygen atoms in total. The van der Waals surface area contributed by atoms with E-state index in [0.29, 0.717) is 29.5 Å². The summed E-state index contributed by atoms with van der Waals surface area (Å²) >= 11 is 5.55. The number of hydrogen-bond donors (Lipinski definition) is 3. The first-order valence-electron chi connectivity index (χ1n) is 4.81. The van der Waals surface area contributed by atoms with Gasteiger partial charge in [0.25, 0.3) is 0 Å². The Labute approximate surface area is 97.9 Å². The van der Waals surface area contributed by atoms with Gasteiger partial charge in [-0.05, 0) is 12.1 Å². The third-order valence-electron chi connectivity index (χ3n) is 2.24. The van der Waals surface area contributed by atoms with Crippen molar-refractivity contribution in [1.82, 2.24) is 0 Å². The molecule has 0 bridgehead atoms. The van der Waals surface area contributed by atoms with Gasteiger partial charge in [0, 0.05) is 0 Å². The molecule has 0 aliphatic carbocycles. The van der Waals surface area contributed by atoms with Gasteiger partial charge in [0.05, 0.1) is 29.2 Å². The molecular formula is C10H12ClN3O2. The normalized spacial score (nSPS) is 17.8. The van der Waals surface area contributed by atoms with Gasteiger partial charge >= 0.3 is 0 Å². The lowest BCUT2D eigenvalue weighted by molar-refractivity contribution is 0.182. The van der Waals surface area contributed by atoms with Crippen LogP contribution in [0.15, 0.2) is 17.1 Å². The largest absolute Gasteiger partial charge is 0.490 e. The van der Waals surface area contributed by atoms with Crippen molar-refractivity contribution in [1.29, 1.82) is 0 Å². The molecule has 1 aliphatic rings. The van der Waals surface area contributed by atoms with Crippen molar-refractivity contribution in [2.75, 3.05) is 23.5 Å². The maximum Gasteiger partial charge on any atom is 0.178 e. The van der Waals surface area contributed by atoms with E-state index in [0.717, 1.165) is 5.69 Å². The highest BCUT2D eigenvalue weighted by Crippen LogP contribution is 2.39. The van der Waals surface area contributed by atoms with Crippen LogP contribution in [0.3, 0.4) is 0 Å². The molecule has 1 aromatic carbocycles. The van der Waals surface area contributed by atoms with E-state index in [1.807, 2.05) is 0 Å². The summed E-state index contributed by atoms with van der Waals surface area (Å²) in [6.07, 6.45) is 0.485. The number of ether oxygens (including phenoxy) is 1. The molecule has 0 amide bonds. The van der Waals surface area contributed by atoms with Gasteiger partial charge in [-0.3, -0.25) is 0 Å². The Morgan fingerprint density at radius 3 is 3.12 bits per heavy atom. The van der Waals surface area contributed by atoms with E-state index in [1.165, 1.54) is 6.34 Å². The van der Waals surface area contributed by atoms with Crippen LogP contribution in [0, 0.1) is 0 Å². The van der Waals surface area contributed by atoms with Crippen LogP contribution in [0.25, 0.3) is 0 Å². The summed E-state index contributed by atoms with van der Waals surface area (Å²) < 4.78 is 5.42. The number of fused-ring (bicyclic) bond motifs is 1. The number of nitrogens with one attached hydrogen (secondary N) is 1. The molecule has 1 atom stereocenters. The predicted octanol–water partition coefficient (Wildman–Crippen LogP) is 1.33. The molecule has 86 valence electrons. The van der Waals surface area contributed by atoms with Crippen molar-refractivity contribution in [2.24, 2.45) is 4.99 Å². The first kappa shape index (κ1) is 11.0. The highest BCUT2D eigenvalue weighted by Gasteiger charge is 2.21. The fourth-order valence-corrected chi connectivity index (χ4v) is 1.63. The topological polar surface area (TPSA) is 79.9 Å². The van der Waals surface area contributed by atoms with Crippen LogP contribution in [-0.4, -0.2) is 23.9 Å². The lowest BCUT2D eigenvalue weighted by atomic mass is 10.1. The molecule has 0 saturated carbocycles. The number of halogens is 1. The molecule has 0 fully saturated rings. The molecule has 1 unspecified atom stereocenters. The van der Waals surface area contributed by atoms with Crippen LogP contribution in [0.4, 0.5) is 11.4 Å². The molecule has 16 heavy (non-hydrogen) atoms. The van der Waals surface area contributed by atoms with Gasteiger partial charge in [0.15, 0.2) is 12.0 Å². The highest BCUT2D eigenvalue weighted by atomic mass is 35.5. The SMILES string of the molecule is Nc1ccc2c(c1OCCCl)C(O)N=CN2. The molecule has 6 heteroatoms. The predicted molar refractivity (Wildman–Crippen MR) is 64.1 cm³/mol. The van der Waals surface area contributed by atoms with E-state index >= 15 is 0 Å². The van der Waals surface area contributed by atoms with Crippen LogP contribution in [0.2, 0.25) is 0 Å². The summed E-state index contributed by atoms with van der Waals surface area (Å²) in [5.41, 5.74) is 7.53. The van der Waals surface area contributed by atoms with Crippen molar-refractivity contribution in [3.63, 3.8) is 0 Å². The summed E-state index contributed by atoms with van der Waals surface area (Å²) in [5, 5.41) is 12.7. The molecule has 2 rings (SSSR count). The summed E-state index contributed by atoms with van der Waals surface area (Å²) in [4.78, 5) is 3.83. The molecule has 0 saturated heterocycles. The Hall–Kier alpha value is -1.46. The second-order valence-corrected chi connectivity index (χ2v) is 3.66. The van der Waals surface area contributed by atoms with Gasteiger partial charge < -0.3 is 20.9 Å². The van der Waals surface area contributed by atoms with Crippen molar-refractivity contribution < 1.29 is 9.84 Å². The quantitative estimate of drug-likeness (QED) is 0.551. The van der Waals surface area contributed by atoms with Gasteiger partial charge in [-0.15, -0.1) is 11.6 Å². The zero-order valence-corrected chi connectivity index (χ0v) is 9.24. The van der Waals surface area contributed by atoms with E-state index in [1.54, 1.807) is 12.1 Å². The minimum atomic E-state index is -0.954. The Morgan fingerprint density at radius 1 is 1.56 bits per heavy atom. The van der Waals surface area contributed by atoms with Gasteiger partial charge in [-0.25, -0.2) is 4.99 Å². The average molecular weight is 242 g/mol. The fourth-order valence-electron chi connectivity index (χ4n) is 1.55. The van der Waals surface area contributed by atoms with Gasteiger partial charge in [-0.2, -0.15) is 0 Å². The number of hydrogen-bond acceptors (Lipinski definition) is 5. The minimum absolute atomic E-state index is 0.332. The van der Waals surface area contributed by atoms with Crippen molar-refractivity contribution in [3.8, 4) is 5.75 Å². The van der Waals surface area contributed by atoms with E-state index < -0.39 is 6.23 Å². The lowest BCUT2D eigenvalue weighted by Gasteiger charge is -2.21. The third kappa shape index (κ3) is 1.91. The summed E-state index contributed by atoms with van der Waals surface area (Å²) in [6.45, 7) is 0.332. The number of rotatable bonds is 3. The van der Waals surface area contributed by atoms with Crippen LogP contribution < -0.4 is 15.8 Å². The number of aliphatic hydroxyl groups excluding tert-OH is 1. The van der Waals surface area contributed by atoms with Crippen molar-refractivity contribution in [3.05, 3.63) is 17.7 Å². The number of nitrogen functional groups attached to an aromatic ring is 1. The smallest absolute Gasteiger partial charge is 0.178 e. The number of aliphatic hydroxyl groups is 1. The number of alkyl halides is 1. The fraction of sp³-hybridized carbons (Fsp3) is 0.300. The first-order chi connectivity index (χ1) is 7.74. The summed E-state index contributed by atoms with van der Waals surface area (Å²) in [6, 6.07) is 3.48. The third-order valence-corrected chi connectivity index (χ3v) is 2.40. The second kappa shape index (κ2) is 4.59. The van der Waals surface area contributed by atoms with Crippen LogP contribution >= 0.6 is 11.6 Å². The maximum absolute atomic E-state index is 9.76. The van der Waals surface area contributed by atoms with Gasteiger partial charge in [0.2, 0.25) is 0 Å². The summed E-state index contributed by atoms with van der Waals surface area (Å²) in [5.74, 6) is 0.797. The Balaban J connectivity index is 2.42. The molecular weight excluding hydrogens is 230 g/mol. The van der Waals surface area contributed by atoms with Gasteiger partial charge in [0.1, 0.15) is 6.61 Å². The Bertz CT molecular complexity index is 423. The standard InChI is InChI=1S/C10H12ClN3O2/c11-3-4-16-9-6(12)1-2-7-8(9)10(15)14-5-13-7/h1-2,5,10,15H,3-4,12H2,(H,13,14). The van der Waals surface area contributed by atoms with Crippen LogP contribution in [0.1, 0.15) is 11.8 Å². The maximum atomic E-state index is 9.76. The number of nitrogens with zero attached hydrogens (tertiary/aromatic N) is 1. The molecule has 1 aromatic rings. The minimum Gasteiger partial charge on any atom is -0.490 e. The second-order valence-electron chi connectivity index (χ2n) is 3.28. The van der Waals surface area contributed by atoms with E-state index in [-0.39, 0.29) is 0 Å². The van der Waals surface area contributed by atoms with Crippen LogP contribution in [-0.2, 0) is 0 Å². The first-order valence-corrected chi connectivity index (χ1v) is 5.35. The van der Waals surface area contributed by atoms with E-state index in [4.69, 9.17) is 22.1 Å². The van der Waals surface area contributed by atoms with E-state index in [9.17, 15) is 5.11 Å². The van der Waals surface area contributed by atoms with Crippen molar-refractivity contribution >= 4 is 29.3 Å². The average Bonchev–Trinajstić information content (AvgIpc) is 2.28. The highest BCUT2D eigenvalue weighted by molar-refractivity contribution is 6.18. The molecule has 4 N–H and O–H groups in total. The zero-order valence-electron chi connectivity index (χ0n) is 8.48. The number of nitrogens with two attached hydrogens (primary N) is 1. The molecule has 0 aromatic heterocycles. The zero-order chi connectivity index (χ0) is 11.5.